The third-order valence-electron chi connectivity index (χ3n) is 4.29. The Labute approximate surface area is 163 Å². The molecular weight excluding hydrogens is 369 g/mol. The second-order valence-electron chi connectivity index (χ2n) is 6.90. The van der Waals surface area contributed by atoms with Gasteiger partial charge < -0.3 is 5.11 Å². The molecule has 1 aromatic carbocycles. The van der Waals surface area contributed by atoms with Crippen molar-refractivity contribution in [3.8, 4) is 11.3 Å². The van der Waals surface area contributed by atoms with Crippen LogP contribution < -0.4 is 0 Å². The number of alkyl halides is 3. The summed E-state index contributed by atoms with van der Waals surface area (Å²) in [6, 6.07) is 14.9. The van der Waals surface area contributed by atoms with Crippen molar-refractivity contribution >= 4 is 5.97 Å². The van der Waals surface area contributed by atoms with Crippen LogP contribution in [0, 0.1) is 5.92 Å². The zero-order chi connectivity index (χ0) is 20.6. The van der Waals surface area contributed by atoms with E-state index in [4.69, 9.17) is 9.90 Å². The minimum absolute atomic E-state index is 0.954. The average molecular weight is 394 g/mol. The lowest BCUT2D eigenvalue weighted by molar-refractivity contribution is -0.192. The third-order valence-corrected chi connectivity index (χ3v) is 4.29. The molecule has 1 aliphatic rings. The number of carbonyl (C=O) groups is 1. The molecule has 1 saturated carbocycles. The molecule has 0 radical (unpaired) electrons. The Morgan fingerprint density at radius 3 is 2.46 bits per heavy atom. The lowest BCUT2D eigenvalue weighted by atomic mass is 10.1. The summed E-state index contributed by atoms with van der Waals surface area (Å²) in [6.07, 6.45) is 0.855. The monoisotopic (exact) mass is 394 g/mol. The molecule has 0 spiro atoms. The Morgan fingerprint density at radius 2 is 1.93 bits per heavy atom. The Bertz CT molecular complexity index is 747. The van der Waals surface area contributed by atoms with E-state index in [1.807, 2.05) is 18.3 Å². The number of carboxylic acid groups (broad SMARTS) is 1. The molecule has 3 rings (SSSR count). The first-order valence-corrected chi connectivity index (χ1v) is 9.32. The topological polar surface area (TPSA) is 53.4 Å². The van der Waals surface area contributed by atoms with Gasteiger partial charge in [-0.25, -0.2) is 4.79 Å². The molecule has 28 heavy (non-hydrogen) atoms. The fourth-order valence-corrected chi connectivity index (χ4v) is 2.84. The molecule has 1 aliphatic carbocycles. The van der Waals surface area contributed by atoms with Crippen LogP contribution in [0.15, 0.2) is 48.7 Å². The summed E-state index contributed by atoms with van der Waals surface area (Å²) in [5.74, 6) is -1.80. The molecule has 0 aliphatic heterocycles. The Hall–Kier alpha value is -2.41. The number of carboxylic acids is 1. The lowest BCUT2D eigenvalue weighted by Gasteiger charge is -2.21. The molecule has 1 aromatic heterocycles. The average Bonchev–Trinajstić information content (AvgIpc) is 3.47. The van der Waals surface area contributed by atoms with E-state index in [0.717, 1.165) is 18.2 Å². The van der Waals surface area contributed by atoms with Gasteiger partial charge in [0.2, 0.25) is 0 Å². The first kappa shape index (κ1) is 21.9. The summed E-state index contributed by atoms with van der Waals surface area (Å²) in [5.41, 5.74) is 3.67. The minimum atomic E-state index is -5.08. The van der Waals surface area contributed by atoms with Crippen molar-refractivity contribution < 1.29 is 23.1 Å². The molecule has 4 nitrogen and oxygen atoms in total. The normalized spacial score (nSPS) is 13.8. The summed E-state index contributed by atoms with van der Waals surface area (Å²) in [7, 11) is 0. The van der Waals surface area contributed by atoms with Crippen LogP contribution in [0.5, 0.6) is 0 Å². The number of hydrogen-bond acceptors (Lipinski definition) is 3. The zero-order valence-electron chi connectivity index (χ0n) is 15.8. The molecule has 1 heterocycles. The van der Waals surface area contributed by atoms with Gasteiger partial charge in [0.15, 0.2) is 0 Å². The summed E-state index contributed by atoms with van der Waals surface area (Å²) >= 11 is 0. The van der Waals surface area contributed by atoms with E-state index in [-0.39, 0.29) is 0 Å². The van der Waals surface area contributed by atoms with Gasteiger partial charge >= 0.3 is 12.1 Å². The van der Waals surface area contributed by atoms with E-state index in [1.165, 1.54) is 43.5 Å². The standard InChI is InChI=1S/C19H24N2.C2HF3O2/c1-2-12-21(14-16-9-10-16)15-17-6-5-7-18(13-17)19-8-3-4-11-20-19;3-2(4,5)1(6)7/h3-8,11,13,16H,2,9-10,12,14-15H2,1H3;(H,6,7). The van der Waals surface area contributed by atoms with E-state index >= 15 is 0 Å². The Balaban J connectivity index is 0.000000345. The quantitative estimate of drug-likeness (QED) is 0.718. The van der Waals surface area contributed by atoms with Crippen LogP contribution in [-0.2, 0) is 11.3 Å². The van der Waals surface area contributed by atoms with Gasteiger partial charge in [-0.05, 0) is 55.5 Å². The molecule has 152 valence electrons. The molecule has 0 saturated heterocycles. The SMILES string of the molecule is CCCN(Cc1cccc(-c2ccccn2)c1)CC1CC1.O=C(O)C(F)(F)F. The van der Waals surface area contributed by atoms with Crippen molar-refractivity contribution in [2.24, 2.45) is 5.92 Å². The number of rotatable bonds is 7. The van der Waals surface area contributed by atoms with Crippen molar-refractivity contribution in [2.75, 3.05) is 13.1 Å². The number of pyridine rings is 1. The maximum atomic E-state index is 10.6. The van der Waals surface area contributed by atoms with E-state index < -0.39 is 12.1 Å². The predicted molar refractivity (Wildman–Crippen MR) is 102 cm³/mol. The Morgan fingerprint density at radius 1 is 1.21 bits per heavy atom. The summed E-state index contributed by atoms with van der Waals surface area (Å²) < 4.78 is 31.7. The van der Waals surface area contributed by atoms with E-state index in [9.17, 15) is 13.2 Å². The van der Waals surface area contributed by atoms with E-state index in [2.05, 4.69) is 47.1 Å². The van der Waals surface area contributed by atoms with Gasteiger partial charge in [-0.2, -0.15) is 13.2 Å². The number of halogens is 3. The highest BCUT2D eigenvalue weighted by Crippen LogP contribution is 2.30. The Kier molecular flexibility index (Phi) is 7.99. The largest absolute Gasteiger partial charge is 0.490 e. The van der Waals surface area contributed by atoms with Gasteiger partial charge in [-0.1, -0.05) is 31.2 Å². The molecule has 7 heteroatoms. The van der Waals surface area contributed by atoms with Gasteiger partial charge in [0.1, 0.15) is 0 Å². The van der Waals surface area contributed by atoms with Gasteiger partial charge in [-0.15, -0.1) is 0 Å². The van der Waals surface area contributed by atoms with Gasteiger partial charge in [0.25, 0.3) is 0 Å². The second-order valence-corrected chi connectivity index (χ2v) is 6.90. The molecule has 0 amide bonds. The summed E-state index contributed by atoms with van der Waals surface area (Å²) in [4.78, 5) is 16.0. The zero-order valence-corrected chi connectivity index (χ0v) is 15.8. The third kappa shape index (κ3) is 7.68. The number of nitrogens with zero attached hydrogens (tertiary/aromatic N) is 2. The van der Waals surface area contributed by atoms with Gasteiger partial charge in [0, 0.05) is 24.8 Å². The van der Waals surface area contributed by atoms with Crippen LogP contribution in [0.3, 0.4) is 0 Å². The minimum Gasteiger partial charge on any atom is -0.475 e. The van der Waals surface area contributed by atoms with Crippen molar-refractivity contribution in [1.82, 2.24) is 9.88 Å². The predicted octanol–water partition coefficient (Wildman–Crippen LogP) is 5.00. The molecule has 1 fully saturated rings. The van der Waals surface area contributed by atoms with Crippen LogP contribution in [0.25, 0.3) is 11.3 Å². The summed E-state index contributed by atoms with van der Waals surface area (Å²) in [5, 5.41) is 7.12. The molecule has 0 atom stereocenters. The molecule has 0 bridgehead atoms. The number of aromatic nitrogens is 1. The highest BCUT2D eigenvalue weighted by Gasteiger charge is 2.38. The van der Waals surface area contributed by atoms with Crippen molar-refractivity contribution in [3.63, 3.8) is 0 Å². The van der Waals surface area contributed by atoms with Crippen LogP contribution >= 0.6 is 0 Å². The van der Waals surface area contributed by atoms with Crippen LogP contribution in [0.4, 0.5) is 13.2 Å². The van der Waals surface area contributed by atoms with E-state index in [0.29, 0.717) is 0 Å². The second kappa shape index (κ2) is 10.2. The molecular formula is C21H25F3N2O2. The number of benzene rings is 1. The molecule has 1 N–H and O–H groups in total. The smallest absolute Gasteiger partial charge is 0.475 e. The van der Waals surface area contributed by atoms with Gasteiger partial charge in [0.05, 0.1) is 5.69 Å². The van der Waals surface area contributed by atoms with Crippen LogP contribution in [-0.4, -0.2) is 40.2 Å². The fourth-order valence-electron chi connectivity index (χ4n) is 2.84. The first-order valence-electron chi connectivity index (χ1n) is 9.32. The number of hydrogen-bond donors (Lipinski definition) is 1. The van der Waals surface area contributed by atoms with Crippen molar-refractivity contribution in [2.45, 2.75) is 38.9 Å². The van der Waals surface area contributed by atoms with Crippen LogP contribution in [0.2, 0.25) is 0 Å². The van der Waals surface area contributed by atoms with E-state index in [1.54, 1.807) is 0 Å². The van der Waals surface area contributed by atoms with Gasteiger partial charge in [-0.3, -0.25) is 9.88 Å². The highest BCUT2D eigenvalue weighted by molar-refractivity contribution is 5.73. The highest BCUT2D eigenvalue weighted by atomic mass is 19.4. The lowest BCUT2D eigenvalue weighted by Crippen LogP contribution is -2.26. The van der Waals surface area contributed by atoms with Crippen molar-refractivity contribution in [1.29, 1.82) is 0 Å². The summed E-state index contributed by atoms with van der Waals surface area (Å²) in [6.45, 7) is 5.79. The van der Waals surface area contributed by atoms with Crippen LogP contribution in [0.1, 0.15) is 31.7 Å². The molecule has 0 unspecified atom stereocenters. The maximum Gasteiger partial charge on any atom is 0.490 e. The molecule has 2 aromatic rings. The number of aliphatic carboxylic acids is 1. The maximum absolute atomic E-state index is 10.6. The van der Waals surface area contributed by atoms with Crippen molar-refractivity contribution in [3.05, 3.63) is 54.2 Å². The fraction of sp³-hybridized carbons (Fsp3) is 0.429. The first-order chi connectivity index (χ1) is 13.3.